The van der Waals surface area contributed by atoms with E-state index in [-0.39, 0.29) is 24.9 Å². The van der Waals surface area contributed by atoms with Crippen LogP contribution in [0.5, 0.6) is 11.5 Å². The molecule has 1 saturated heterocycles. The number of amides is 1. The minimum Gasteiger partial charge on any atom is -0.491 e. The molecule has 0 saturated carbocycles. The van der Waals surface area contributed by atoms with E-state index in [2.05, 4.69) is 55.0 Å². The van der Waals surface area contributed by atoms with E-state index in [1.165, 1.54) is 0 Å². The summed E-state index contributed by atoms with van der Waals surface area (Å²) in [5.74, 6) is 1.63. The quantitative estimate of drug-likeness (QED) is 0.0647. The molecule has 10 heteroatoms. The fraction of sp³-hybridized carbons (Fsp3) is 0.463. The van der Waals surface area contributed by atoms with Crippen LogP contribution in [0.15, 0.2) is 85.2 Å². The third kappa shape index (κ3) is 12.3. The van der Waals surface area contributed by atoms with E-state index >= 15 is 0 Å². The number of aromatic nitrogens is 1. The number of nitrogens with zero attached hydrogens (tertiary/aromatic N) is 2. The molecule has 1 amide bonds. The SMILES string of the molecule is CC(C)(C)OC(=O)N1CCC(c2ccc(OCCOCc3cccnc3)cc2)C(OCc2cc(OCOCC[Si](C)(C)C)c3ccccc3c2)C1. The summed E-state index contributed by atoms with van der Waals surface area (Å²) in [4.78, 5) is 19.0. The van der Waals surface area contributed by atoms with Crippen molar-refractivity contribution in [3.63, 3.8) is 0 Å². The van der Waals surface area contributed by atoms with Gasteiger partial charge in [-0.2, -0.15) is 0 Å². The van der Waals surface area contributed by atoms with Crippen molar-refractivity contribution in [3.8, 4) is 11.5 Å². The molecule has 4 aromatic rings. The predicted octanol–water partition coefficient (Wildman–Crippen LogP) is 8.83. The minimum atomic E-state index is -1.18. The molecule has 2 unspecified atom stereocenters. The highest BCUT2D eigenvalue weighted by atomic mass is 28.3. The molecule has 1 aromatic heterocycles. The molecule has 0 bridgehead atoms. The number of hydrogen-bond acceptors (Lipinski definition) is 8. The van der Waals surface area contributed by atoms with E-state index in [4.69, 9.17) is 28.4 Å². The second-order valence-corrected chi connectivity index (χ2v) is 20.9. The van der Waals surface area contributed by atoms with Crippen molar-refractivity contribution >= 4 is 24.9 Å². The van der Waals surface area contributed by atoms with Crippen LogP contribution < -0.4 is 9.47 Å². The number of benzene rings is 3. The number of rotatable bonds is 16. The lowest BCUT2D eigenvalue weighted by Crippen LogP contribution is -2.48. The molecule has 0 aliphatic carbocycles. The van der Waals surface area contributed by atoms with Crippen LogP contribution in [0.25, 0.3) is 10.8 Å². The first kappa shape index (κ1) is 38.3. The van der Waals surface area contributed by atoms with Gasteiger partial charge in [0.1, 0.15) is 23.7 Å². The van der Waals surface area contributed by atoms with Crippen molar-refractivity contribution in [2.45, 2.75) is 83.7 Å². The summed E-state index contributed by atoms with van der Waals surface area (Å²) < 4.78 is 36.2. The van der Waals surface area contributed by atoms with Crippen molar-refractivity contribution in [3.05, 3.63) is 102 Å². The highest BCUT2D eigenvalue weighted by Gasteiger charge is 2.35. The number of fused-ring (bicyclic) bond motifs is 1. The summed E-state index contributed by atoms with van der Waals surface area (Å²) in [6.45, 7) is 16.4. The Morgan fingerprint density at radius 1 is 0.882 bits per heavy atom. The lowest BCUT2D eigenvalue weighted by atomic mass is 9.87. The third-order valence-corrected chi connectivity index (χ3v) is 10.4. The van der Waals surface area contributed by atoms with E-state index in [1.807, 2.05) is 63.2 Å². The number of hydrogen-bond donors (Lipinski definition) is 0. The fourth-order valence-electron chi connectivity index (χ4n) is 5.95. The third-order valence-electron chi connectivity index (χ3n) is 8.65. The summed E-state index contributed by atoms with van der Waals surface area (Å²) >= 11 is 0. The summed E-state index contributed by atoms with van der Waals surface area (Å²) in [5, 5.41) is 2.10. The van der Waals surface area contributed by atoms with Crippen LogP contribution in [0.1, 0.15) is 49.8 Å². The molecule has 1 aliphatic heterocycles. The Labute approximate surface area is 304 Å². The second kappa shape index (κ2) is 18.0. The highest BCUT2D eigenvalue weighted by Crippen LogP contribution is 2.34. The summed E-state index contributed by atoms with van der Waals surface area (Å²) in [7, 11) is -1.18. The molecule has 0 radical (unpaired) electrons. The van der Waals surface area contributed by atoms with Gasteiger partial charge in [0.2, 0.25) is 0 Å². The molecular formula is C41H54N2O7Si. The maximum atomic E-state index is 13.1. The van der Waals surface area contributed by atoms with Gasteiger partial charge in [-0.05, 0) is 85.6 Å². The highest BCUT2D eigenvalue weighted by molar-refractivity contribution is 6.76. The van der Waals surface area contributed by atoms with E-state index in [0.717, 1.165) is 51.4 Å². The number of likely N-dealkylation sites (tertiary alicyclic amines) is 1. The molecule has 9 nitrogen and oxygen atoms in total. The number of pyridine rings is 1. The van der Waals surface area contributed by atoms with Gasteiger partial charge in [0.25, 0.3) is 0 Å². The van der Waals surface area contributed by atoms with E-state index < -0.39 is 13.7 Å². The summed E-state index contributed by atoms with van der Waals surface area (Å²) in [6.07, 6.45) is 3.72. The minimum absolute atomic E-state index is 0.0801. The van der Waals surface area contributed by atoms with Gasteiger partial charge in [0.05, 0.1) is 32.5 Å². The zero-order chi connectivity index (χ0) is 36.3. The van der Waals surface area contributed by atoms with Crippen molar-refractivity contribution in [1.82, 2.24) is 9.88 Å². The second-order valence-electron chi connectivity index (χ2n) is 15.3. The van der Waals surface area contributed by atoms with Crippen LogP contribution in [0.3, 0.4) is 0 Å². The van der Waals surface area contributed by atoms with Crippen LogP contribution in [0.4, 0.5) is 4.79 Å². The molecule has 0 spiro atoms. The molecular weight excluding hydrogens is 661 g/mol. The predicted molar refractivity (Wildman–Crippen MR) is 203 cm³/mol. The Morgan fingerprint density at radius 2 is 1.69 bits per heavy atom. The Morgan fingerprint density at radius 3 is 2.43 bits per heavy atom. The van der Waals surface area contributed by atoms with Crippen molar-refractivity contribution in [1.29, 1.82) is 0 Å². The molecule has 51 heavy (non-hydrogen) atoms. The normalized spacial score (nSPS) is 16.6. The van der Waals surface area contributed by atoms with Gasteiger partial charge < -0.3 is 33.3 Å². The fourth-order valence-corrected chi connectivity index (χ4v) is 6.70. The number of carbonyl (C=O) groups is 1. The van der Waals surface area contributed by atoms with Crippen LogP contribution in [0, 0.1) is 0 Å². The number of carbonyl (C=O) groups excluding carboxylic acids is 1. The topological polar surface area (TPSA) is 88.6 Å². The standard InChI is InChI=1S/C41H54N2O7Si/c1-41(2,3)50-40(44)43-19-17-37(33-13-15-35(16-14-33)47-21-20-45-28-31-10-9-18-42-26-31)39(27-43)48-29-32-24-34-11-7-8-12-36(34)38(25-32)49-30-46-22-23-51(4,5)6/h7-16,18,24-26,37,39H,17,19-23,27-30H2,1-6H3. The largest absolute Gasteiger partial charge is 0.491 e. The summed E-state index contributed by atoms with van der Waals surface area (Å²) in [5.41, 5.74) is 2.59. The van der Waals surface area contributed by atoms with E-state index in [0.29, 0.717) is 46.1 Å². The molecule has 5 rings (SSSR count). The Kier molecular flexibility index (Phi) is 13.5. The average molecular weight is 715 g/mol. The maximum absolute atomic E-state index is 13.1. The molecule has 0 N–H and O–H groups in total. The van der Waals surface area contributed by atoms with Gasteiger partial charge in [-0.15, -0.1) is 0 Å². The van der Waals surface area contributed by atoms with Gasteiger partial charge in [-0.1, -0.05) is 62.1 Å². The first-order valence-corrected chi connectivity index (χ1v) is 21.7. The van der Waals surface area contributed by atoms with Crippen molar-refractivity contribution in [2.24, 2.45) is 0 Å². The molecule has 274 valence electrons. The average Bonchev–Trinajstić information content (AvgIpc) is 3.10. The smallest absolute Gasteiger partial charge is 0.410 e. The first-order chi connectivity index (χ1) is 24.4. The zero-order valence-electron chi connectivity index (χ0n) is 31.1. The van der Waals surface area contributed by atoms with Gasteiger partial charge in [0.15, 0.2) is 6.79 Å². The van der Waals surface area contributed by atoms with Crippen LogP contribution in [-0.4, -0.2) is 75.5 Å². The lowest BCUT2D eigenvalue weighted by molar-refractivity contribution is -0.0360. The van der Waals surface area contributed by atoms with Crippen molar-refractivity contribution in [2.75, 3.05) is 39.7 Å². The van der Waals surface area contributed by atoms with Crippen LogP contribution >= 0.6 is 0 Å². The zero-order valence-corrected chi connectivity index (χ0v) is 32.1. The summed E-state index contributed by atoms with van der Waals surface area (Å²) in [6, 6.07) is 25.5. The molecule has 3 aromatic carbocycles. The molecule has 1 aliphatic rings. The van der Waals surface area contributed by atoms with Crippen LogP contribution in [0.2, 0.25) is 25.7 Å². The van der Waals surface area contributed by atoms with Crippen molar-refractivity contribution < 1.29 is 33.2 Å². The number of ether oxygens (including phenoxy) is 6. The van der Waals surface area contributed by atoms with Crippen LogP contribution in [-0.2, 0) is 32.2 Å². The first-order valence-electron chi connectivity index (χ1n) is 17.9. The molecule has 2 atom stereocenters. The maximum Gasteiger partial charge on any atom is 0.410 e. The molecule has 2 heterocycles. The number of piperidine rings is 1. The Balaban J connectivity index is 1.24. The van der Waals surface area contributed by atoms with Gasteiger partial charge in [-0.25, -0.2) is 4.79 Å². The van der Waals surface area contributed by atoms with Gasteiger partial charge in [-0.3, -0.25) is 4.98 Å². The Hall–Kier alpha value is -3.96. The Bertz CT molecular complexity index is 1670. The van der Waals surface area contributed by atoms with E-state index in [9.17, 15) is 4.79 Å². The lowest BCUT2D eigenvalue weighted by Gasteiger charge is -2.39. The molecule has 1 fully saturated rings. The van der Waals surface area contributed by atoms with Gasteiger partial charge in [0, 0.05) is 44.9 Å². The van der Waals surface area contributed by atoms with Gasteiger partial charge >= 0.3 is 6.09 Å². The van der Waals surface area contributed by atoms with E-state index in [1.54, 1.807) is 17.3 Å². The monoisotopic (exact) mass is 714 g/mol.